The molecule has 4 rings (SSSR count). The zero-order chi connectivity index (χ0) is 25.8. The number of nitrogens with one attached hydrogen (secondary N) is 2. The lowest BCUT2D eigenvalue weighted by Crippen LogP contribution is -2.31. The van der Waals surface area contributed by atoms with E-state index < -0.39 is 6.04 Å². The number of carbonyl (C=O) groups is 1. The minimum absolute atomic E-state index is 0.200. The lowest BCUT2D eigenvalue weighted by Gasteiger charge is -2.29. The van der Waals surface area contributed by atoms with E-state index in [2.05, 4.69) is 28.6 Å². The molecule has 0 aliphatic carbocycles. The number of aromatic nitrogens is 3. The number of rotatable bonds is 9. The van der Waals surface area contributed by atoms with E-state index in [1.807, 2.05) is 58.0 Å². The Morgan fingerprint density at radius 3 is 2.64 bits per heavy atom. The largest absolute Gasteiger partial charge is 0.493 e. The molecule has 0 bridgehead atoms. The first-order valence-electron chi connectivity index (χ1n) is 12.1. The maximum Gasteiger partial charge on any atom is 0.255 e. The summed E-state index contributed by atoms with van der Waals surface area (Å²) in [5, 5.41) is 11.9. The van der Waals surface area contributed by atoms with Crippen molar-refractivity contribution in [2.75, 3.05) is 30.1 Å². The van der Waals surface area contributed by atoms with Crippen LogP contribution >= 0.6 is 11.8 Å². The molecule has 0 spiro atoms. The van der Waals surface area contributed by atoms with Gasteiger partial charge in [-0.15, -0.1) is 5.10 Å². The number of aryl methyl sites for hydroxylation is 2. The molecule has 9 heteroatoms. The van der Waals surface area contributed by atoms with Gasteiger partial charge in [-0.2, -0.15) is 4.98 Å². The van der Waals surface area contributed by atoms with E-state index in [1.165, 1.54) is 0 Å². The summed E-state index contributed by atoms with van der Waals surface area (Å²) in [7, 11) is 1.61. The SMILES string of the molecule is CCCSc1nc2n(n1)C(c1ccc(OCC)c(OC)c1)C(C(=O)Nc1ccc(C)cc1C)=C(C)N2. The van der Waals surface area contributed by atoms with Crippen molar-refractivity contribution in [2.24, 2.45) is 0 Å². The molecule has 1 atom stereocenters. The standard InChI is InChI=1S/C27H33N5O3S/c1-7-13-36-27-30-26-28-18(5)23(25(33)29-20-11-9-16(3)14-17(20)4)24(32(26)31-27)19-10-12-21(35-8-2)22(15-19)34-6/h9-12,14-15,24H,7-8,13H2,1-6H3,(H,29,33)(H,28,30,31). The second-order valence-corrected chi connectivity index (χ2v) is 9.76. The third-order valence-corrected chi connectivity index (χ3v) is 6.99. The van der Waals surface area contributed by atoms with Crippen LogP contribution in [0.4, 0.5) is 11.6 Å². The Labute approximate surface area is 216 Å². The van der Waals surface area contributed by atoms with Crippen LogP contribution in [-0.2, 0) is 4.79 Å². The Morgan fingerprint density at radius 2 is 1.94 bits per heavy atom. The van der Waals surface area contributed by atoms with Crippen LogP contribution in [0.1, 0.15) is 49.9 Å². The molecular formula is C27H33N5O3S. The molecule has 1 aromatic heterocycles. The molecule has 2 heterocycles. The van der Waals surface area contributed by atoms with Crippen LogP contribution < -0.4 is 20.1 Å². The van der Waals surface area contributed by atoms with Crippen molar-refractivity contribution in [1.29, 1.82) is 0 Å². The lowest BCUT2D eigenvalue weighted by atomic mass is 9.94. The van der Waals surface area contributed by atoms with Crippen molar-refractivity contribution in [3.05, 3.63) is 64.4 Å². The highest BCUT2D eigenvalue weighted by atomic mass is 32.2. The minimum Gasteiger partial charge on any atom is -0.493 e. The number of hydrogen-bond donors (Lipinski definition) is 2. The number of allylic oxidation sites excluding steroid dienone is 1. The van der Waals surface area contributed by atoms with Crippen molar-refractivity contribution in [3.8, 4) is 11.5 Å². The Hall–Kier alpha value is -3.46. The fraction of sp³-hybridized carbons (Fsp3) is 0.370. The summed E-state index contributed by atoms with van der Waals surface area (Å²) >= 11 is 1.60. The third kappa shape index (κ3) is 5.21. The van der Waals surface area contributed by atoms with E-state index in [-0.39, 0.29) is 5.91 Å². The van der Waals surface area contributed by atoms with Crippen molar-refractivity contribution in [2.45, 2.75) is 52.2 Å². The predicted octanol–water partition coefficient (Wildman–Crippen LogP) is 5.73. The fourth-order valence-electron chi connectivity index (χ4n) is 4.26. The molecule has 0 saturated heterocycles. The van der Waals surface area contributed by atoms with E-state index in [0.717, 1.165) is 40.2 Å². The molecule has 1 aliphatic rings. The molecule has 1 amide bonds. The number of benzene rings is 2. The number of carbonyl (C=O) groups excluding carboxylic acids is 1. The van der Waals surface area contributed by atoms with Gasteiger partial charge in [-0.25, -0.2) is 4.68 Å². The van der Waals surface area contributed by atoms with Gasteiger partial charge in [-0.05, 0) is 63.4 Å². The molecule has 1 unspecified atom stereocenters. The van der Waals surface area contributed by atoms with Gasteiger partial charge in [-0.1, -0.05) is 42.4 Å². The summed E-state index contributed by atoms with van der Waals surface area (Å²) in [6.45, 7) is 10.5. The molecule has 0 saturated carbocycles. The molecule has 2 N–H and O–H groups in total. The van der Waals surface area contributed by atoms with Crippen molar-refractivity contribution in [1.82, 2.24) is 14.8 Å². The molecule has 0 fully saturated rings. The van der Waals surface area contributed by atoms with Gasteiger partial charge in [-0.3, -0.25) is 4.79 Å². The second kappa shape index (κ2) is 11.1. The van der Waals surface area contributed by atoms with E-state index in [4.69, 9.17) is 14.6 Å². The number of nitrogens with zero attached hydrogens (tertiary/aromatic N) is 3. The first kappa shape index (κ1) is 25.6. The first-order valence-corrected chi connectivity index (χ1v) is 13.1. The van der Waals surface area contributed by atoms with Gasteiger partial charge in [0.15, 0.2) is 11.5 Å². The molecule has 1 aliphatic heterocycles. The average molecular weight is 508 g/mol. The Balaban J connectivity index is 1.79. The molecule has 3 aromatic rings. The lowest BCUT2D eigenvalue weighted by molar-refractivity contribution is -0.113. The smallest absolute Gasteiger partial charge is 0.255 e. The van der Waals surface area contributed by atoms with Crippen LogP contribution in [0.15, 0.2) is 52.8 Å². The van der Waals surface area contributed by atoms with Gasteiger partial charge < -0.3 is 20.1 Å². The number of methoxy groups -OCH3 is 1. The van der Waals surface area contributed by atoms with Crippen LogP contribution in [0.3, 0.4) is 0 Å². The average Bonchev–Trinajstić information content (AvgIpc) is 3.26. The zero-order valence-electron chi connectivity index (χ0n) is 21.6. The second-order valence-electron chi connectivity index (χ2n) is 8.69. The van der Waals surface area contributed by atoms with Crippen molar-refractivity contribution < 1.29 is 14.3 Å². The maximum absolute atomic E-state index is 13.8. The van der Waals surface area contributed by atoms with Gasteiger partial charge in [0.1, 0.15) is 6.04 Å². The summed E-state index contributed by atoms with van der Waals surface area (Å²) in [6.07, 6.45) is 1.02. The summed E-state index contributed by atoms with van der Waals surface area (Å²) in [5.74, 6) is 2.57. The fourth-order valence-corrected chi connectivity index (χ4v) is 4.94. The van der Waals surface area contributed by atoms with Crippen LogP contribution in [0.5, 0.6) is 11.5 Å². The number of anilines is 2. The maximum atomic E-state index is 13.8. The van der Waals surface area contributed by atoms with Crippen molar-refractivity contribution >= 4 is 29.3 Å². The van der Waals surface area contributed by atoms with Crippen LogP contribution in [0, 0.1) is 13.8 Å². The summed E-state index contributed by atoms with van der Waals surface area (Å²) in [6, 6.07) is 11.2. The monoisotopic (exact) mass is 507 g/mol. The highest BCUT2D eigenvalue weighted by Crippen LogP contribution is 2.40. The number of fused-ring (bicyclic) bond motifs is 1. The van der Waals surface area contributed by atoms with Gasteiger partial charge in [0, 0.05) is 17.1 Å². The third-order valence-electron chi connectivity index (χ3n) is 5.95. The molecule has 36 heavy (non-hydrogen) atoms. The van der Waals surface area contributed by atoms with E-state index in [0.29, 0.717) is 34.8 Å². The van der Waals surface area contributed by atoms with Crippen LogP contribution in [0.25, 0.3) is 0 Å². The van der Waals surface area contributed by atoms with Crippen LogP contribution in [-0.4, -0.2) is 40.1 Å². The van der Waals surface area contributed by atoms with Gasteiger partial charge in [0.05, 0.1) is 19.3 Å². The Kier molecular flexibility index (Phi) is 7.88. The van der Waals surface area contributed by atoms with E-state index >= 15 is 0 Å². The summed E-state index contributed by atoms with van der Waals surface area (Å²) in [4.78, 5) is 18.5. The highest BCUT2D eigenvalue weighted by Gasteiger charge is 2.35. The highest BCUT2D eigenvalue weighted by molar-refractivity contribution is 7.99. The van der Waals surface area contributed by atoms with E-state index in [1.54, 1.807) is 23.6 Å². The Bertz CT molecular complexity index is 1300. The topological polar surface area (TPSA) is 90.3 Å². The molecule has 2 aromatic carbocycles. The molecule has 8 nitrogen and oxygen atoms in total. The number of thioether (sulfide) groups is 1. The first-order chi connectivity index (χ1) is 17.4. The van der Waals surface area contributed by atoms with Gasteiger partial charge >= 0.3 is 0 Å². The molecule has 0 radical (unpaired) electrons. The minimum atomic E-state index is -0.500. The van der Waals surface area contributed by atoms with Crippen LogP contribution in [0.2, 0.25) is 0 Å². The number of amides is 1. The number of ether oxygens (including phenoxy) is 2. The normalized spacial score (nSPS) is 14.8. The van der Waals surface area contributed by atoms with Crippen molar-refractivity contribution in [3.63, 3.8) is 0 Å². The summed E-state index contributed by atoms with van der Waals surface area (Å²) in [5.41, 5.74) is 5.05. The van der Waals surface area contributed by atoms with Gasteiger partial charge in [0.25, 0.3) is 5.91 Å². The predicted molar refractivity (Wildman–Crippen MR) is 144 cm³/mol. The molecule has 190 valence electrons. The number of hydrogen-bond acceptors (Lipinski definition) is 7. The summed E-state index contributed by atoms with van der Waals surface area (Å²) < 4.78 is 13.1. The van der Waals surface area contributed by atoms with Gasteiger partial charge in [0.2, 0.25) is 11.1 Å². The zero-order valence-corrected chi connectivity index (χ0v) is 22.5. The quantitative estimate of drug-likeness (QED) is 0.357. The Morgan fingerprint density at radius 1 is 1.14 bits per heavy atom. The van der Waals surface area contributed by atoms with E-state index in [9.17, 15) is 4.79 Å². The molecular weight excluding hydrogens is 474 g/mol.